The number of nitrogens with zero attached hydrogens (tertiary/aromatic N) is 2. The van der Waals surface area contributed by atoms with Gasteiger partial charge in [-0.15, -0.1) is 0 Å². The van der Waals surface area contributed by atoms with Crippen molar-refractivity contribution in [2.24, 2.45) is 0 Å². The Bertz CT molecular complexity index is 712. The van der Waals surface area contributed by atoms with Crippen molar-refractivity contribution in [1.29, 1.82) is 0 Å². The summed E-state index contributed by atoms with van der Waals surface area (Å²) in [5.41, 5.74) is 2.09. The molecule has 1 heterocycles. The van der Waals surface area contributed by atoms with Crippen molar-refractivity contribution < 1.29 is 9.00 Å². The minimum atomic E-state index is -0.932. The van der Waals surface area contributed by atoms with Crippen LogP contribution < -0.4 is 10.2 Å². The molecular formula is C18H23N3O2S. The van der Waals surface area contributed by atoms with Gasteiger partial charge in [-0.1, -0.05) is 12.1 Å². The number of carbonyl (C=O) groups is 1. The van der Waals surface area contributed by atoms with Crippen LogP contribution in [0.3, 0.4) is 0 Å². The Hall–Kier alpha value is -2.21. The molecule has 0 radical (unpaired) electrons. The van der Waals surface area contributed by atoms with Crippen LogP contribution >= 0.6 is 0 Å². The van der Waals surface area contributed by atoms with Gasteiger partial charge in [-0.25, -0.2) is 4.98 Å². The minimum absolute atomic E-state index is 0.198. The molecule has 5 nitrogen and oxygen atoms in total. The van der Waals surface area contributed by atoms with Crippen LogP contribution in [-0.4, -0.2) is 34.4 Å². The van der Waals surface area contributed by atoms with Crippen LogP contribution in [0.25, 0.3) is 0 Å². The standard InChI is InChI=1S/C18H23N3O2S/c1-4-21(5-2)17-10-9-16(12-19-17)20-18(22)15-8-6-7-14(11-15)13-24(3)23/h6-12H,4-5,13H2,1-3H3,(H,20,22)/t24-/m1/s1. The molecule has 1 aromatic heterocycles. The Morgan fingerprint density at radius 1 is 1.21 bits per heavy atom. The Morgan fingerprint density at radius 2 is 1.96 bits per heavy atom. The molecule has 1 N–H and O–H groups in total. The Kier molecular flexibility index (Phi) is 6.49. The lowest BCUT2D eigenvalue weighted by molar-refractivity contribution is 0.102. The number of anilines is 2. The highest BCUT2D eigenvalue weighted by molar-refractivity contribution is 7.83. The molecule has 1 amide bonds. The molecule has 0 aliphatic rings. The fraction of sp³-hybridized carbons (Fsp3) is 0.333. The van der Waals surface area contributed by atoms with Crippen LogP contribution in [-0.2, 0) is 16.6 Å². The SMILES string of the molecule is CCN(CC)c1ccc(NC(=O)c2cccc(C[S@@](C)=O)c2)cn1. The Morgan fingerprint density at radius 3 is 2.54 bits per heavy atom. The van der Waals surface area contributed by atoms with E-state index in [0.717, 1.165) is 24.5 Å². The summed E-state index contributed by atoms with van der Waals surface area (Å²) in [7, 11) is -0.932. The molecule has 0 aliphatic carbocycles. The van der Waals surface area contributed by atoms with E-state index in [0.29, 0.717) is 17.0 Å². The number of hydrogen-bond acceptors (Lipinski definition) is 4. The highest BCUT2D eigenvalue weighted by Crippen LogP contribution is 2.15. The monoisotopic (exact) mass is 345 g/mol. The van der Waals surface area contributed by atoms with Crippen molar-refractivity contribution in [3.8, 4) is 0 Å². The lowest BCUT2D eigenvalue weighted by atomic mass is 10.1. The molecule has 1 atom stereocenters. The Labute approximate surface area is 145 Å². The van der Waals surface area contributed by atoms with Gasteiger partial charge < -0.3 is 10.2 Å². The Balaban J connectivity index is 2.08. The third-order valence-corrected chi connectivity index (χ3v) is 4.39. The van der Waals surface area contributed by atoms with Gasteiger partial charge in [-0.2, -0.15) is 0 Å². The third-order valence-electron chi connectivity index (χ3n) is 3.65. The number of carbonyl (C=O) groups excluding carboxylic acids is 1. The van der Waals surface area contributed by atoms with Gasteiger partial charge in [0.1, 0.15) is 5.82 Å². The fourth-order valence-electron chi connectivity index (χ4n) is 2.43. The van der Waals surface area contributed by atoms with Crippen LogP contribution in [0.1, 0.15) is 29.8 Å². The van der Waals surface area contributed by atoms with E-state index in [1.54, 1.807) is 30.7 Å². The average molecular weight is 345 g/mol. The smallest absolute Gasteiger partial charge is 0.255 e. The van der Waals surface area contributed by atoms with Crippen molar-refractivity contribution in [2.75, 3.05) is 29.6 Å². The molecule has 0 saturated carbocycles. The molecule has 1 aromatic carbocycles. The van der Waals surface area contributed by atoms with Crippen molar-refractivity contribution in [3.63, 3.8) is 0 Å². The number of hydrogen-bond donors (Lipinski definition) is 1. The maximum atomic E-state index is 12.4. The molecule has 128 valence electrons. The van der Waals surface area contributed by atoms with Crippen molar-refractivity contribution >= 4 is 28.2 Å². The lowest BCUT2D eigenvalue weighted by Crippen LogP contribution is -2.22. The zero-order valence-corrected chi connectivity index (χ0v) is 15.1. The largest absolute Gasteiger partial charge is 0.357 e. The lowest BCUT2D eigenvalue weighted by Gasteiger charge is -2.19. The quantitative estimate of drug-likeness (QED) is 0.838. The van der Waals surface area contributed by atoms with Gasteiger partial charge in [0, 0.05) is 41.5 Å². The van der Waals surface area contributed by atoms with E-state index in [1.165, 1.54) is 0 Å². The molecule has 0 saturated heterocycles. The number of pyridine rings is 1. The second-order valence-corrected chi connectivity index (χ2v) is 6.88. The molecule has 0 bridgehead atoms. The molecule has 6 heteroatoms. The van der Waals surface area contributed by atoms with Gasteiger partial charge in [0.05, 0.1) is 11.9 Å². The average Bonchev–Trinajstić information content (AvgIpc) is 2.57. The highest BCUT2D eigenvalue weighted by atomic mass is 32.2. The number of aromatic nitrogens is 1. The molecule has 2 rings (SSSR count). The summed E-state index contributed by atoms with van der Waals surface area (Å²) in [6.45, 7) is 5.94. The highest BCUT2D eigenvalue weighted by Gasteiger charge is 2.09. The molecule has 0 spiro atoms. The summed E-state index contributed by atoms with van der Waals surface area (Å²) >= 11 is 0. The van der Waals surface area contributed by atoms with Crippen LogP contribution in [0, 0.1) is 0 Å². The van der Waals surface area contributed by atoms with E-state index in [4.69, 9.17) is 0 Å². The van der Waals surface area contributed by atoms with Crippen LogP contribution in [0.5, 0.6) is 0 Å². The van der Waals surface area contributed by atoms with Gasteiger partial charge in [-0.3, -0.25) is 9.00 Å². The predicted molar refractivity (Wildman–Crippen MR) is 100.0 cm³/mol. The van der Waals surface area contributed by atoms with Crippen LogP contribution in [0.2, 0.25) is 0 Å². The second-order valence-electron chi connectivity index (χ2n) is 5.45. The number of benzene rings is 1. The first-order valence-corrected chi connectivity index (χ1v) is 9.67. The van der Waals surface area contributed by atoms with Gasteiger partial charge >= 0.3 is 0 Å². The summed E-state index contributed by atoms with van der Waals surface area (Å²) in [5, 5.41) is 2.85. The van der Waals surface area contributed by atoms with Gasteiger partial charge in [-0.05, 0) is 43.7 Å². The van der Waals surface area contributed by atoms with Crippen molar-refractivity contribution in [3.05, 3.63) is 53.7 Å². The predicted octanol–water partition coefficient (Wildman–Crippen LogP) is 3.06. The number of rotatable bonds is 7. The maximum absolute atomic E-state index is 12.4. The molecular weight excluding hydrogens is 322 g/mol. The minimum Gasteiger partial charge on any atom is -0.357 e. The fourth-order valence-corrected chi connectivity index (χ4v) is 3.08. The van der Waals surface area contributed by atoms with E-state index in [-0.39, 0.29) is 5.91 Å². The number of nitrogens with one attached hydrogen (secondary N) is 1. The number of amides is 1. The molecule has 0 aliphatic heterocycles. The summed E-state index contributed by atoms with van der Waals surface area (Å²) < 4.78 is 11.3. The third kappa shape index (κ3) is 4.89. The first-order chi connectivity index (χ1) is 11.5. The van der Waals surface area contributed by atoms with Crippen molar-refractivity contribution in [2.45, 2.75) is 19.6 Å². The van der Waals surface area contributed by atoms with Crippen LogP contribution in [0.4, 0.5) is 11.5 Å². The summed E-state index contributed by atoms with van der Waals surface area (Å²) in [6.07, 6.45) is 3.31. The topological polar surface area (TPSA) is 62.3 Å². The second kappa shape index (κ2) is 8.59. The first-order valence-electron chi connectivity index (χ1n) is 7.94. The molecule has 0 unspecified atom stereocenters. The summed E-state index contributed by atoms with van der Waals surface area (Å²) in [5.74, 6) is 1.14. The normalized spacial score (nSPS) is 11.8. The van der Waals surface area contributed by atoms with Gasteiger partial charge in [0.25, 0.3) is 5.91 Å². The van der Waals surface area contributed by atoms with E-state index in [9.17, 15) is 9.00 Å². The zero-order valence-electron chi connectivity index (χ0n) is 14.3. The zero-order chi connectivity index (χ0) is 17.5. The van der Waals surface area contributed by atoms with E-state index in [2.05, 4.69) is 29.0 Å². The summed E-state index contributed by atoms with van der Waals surface area (Å²) in [4.78, 5) is 18.9. The van der Waals surface area contributed by atoms with E-state index in [1.807, 2.05) is 18.2 Å². The van der Waals surface area contributed by atoms with Gasteiger partial charge in [0.15, 0.2) is 0 Å². The maximum Gasteiger partial charge on any atom is 0.255 e. The summed E-state index contributed by atoms with van der Waals surface area (Å²) in [6, 6.07) is 10.9. The van der Waals surface area contributed by atoms with Crippen molar-refractivity contribution in [1.82, 2.24) is 4.98 Å². The van der Waals surface area contributed by atoms with E-state index < -0.39 is 10.8 Å². The molecule has 2 aromatic rings. The van der Waals surface area contributed by atoms with Gasteiger partial charge in [0.2, 0.25) is 0 Å². The first kappa shape index (κ1) is 18.1. The molecule has 24 heavy (non-hydrogen) atoms. The van der Waals surface area contributed by atoms with Crippen LogP contribution in [0.15, 0.2) is 42.6 Å². The molecule has 0 fully saturated rings. The van der Waals surface area contributed by atoms with E-state index >= 15 is 0 Å².